The molecule has 0 radical (unpaired) electrons. The second-order valence-corrected chi connectivity index (χ2v) is 6.35. The molecule has 0 aliphatic carbocycles. The minimum Gasteiger partial charge on any atom is -0.366 e. The smallest absolute Gasteiger partial charge is 0.227 e. The van der Waals surface area contributed by atoms with E-state index in [1.807, 2.05) is 36.5 Å². The van der Waals surface area contributed by atoms with Crippen LogP contribution in [0.3, 0.4) is 0 Å². The minimum absolute atomic E-state index is 0.711. The topological polar surface area (TPSA) is 41.1 Å². The number of nitrogens with zero attached hydrogens (tertiary/aromatic N) is 3. The second kappa shape index (κ2) is 6.97. The molecule has 116 valence electrons. The molecule has 4 nitrogen and oxygen atoms in total. The van der Waals surface area contributed by atoms with Crippen LogP contribution in [0.2, 0.25) is 5.02 Å². The van der Waals surface area contributed by atoms with Crippen LogP contribution in [0.4, 0.5) is 11.8 Å². The van der Waals surface area contributed by atoms with Crippen molar-refractivity contribution in [3.63, 3.8) is 0 Å². The Balaban J connectivity index is 1.64. The lowest BCUT2D eigenvalue weighted by atomic mass is 10.0. The van der Waals surface area contributed by atoms with Crippen LogP contribution in [0.15, 0.2) is 36.5 Å². The van der Waals surface area contributed by atoms with Crippen molar-refractivity contribution in [2.45, 2.75) is 26.3 Å². The van der Waals surface area contributed by atoms with E-state index in [2.05, 4.69) is 27.1 Å². The summed E-state index contributed by atoms with van der Waals surface area (Å²) < 4.78 is 0. The first-order chi connectivity index (χ1) is 10.7. The molecule has 1 aromatic carbocycles. The van der Waals surface area contributed by atoms with Gasteiger partial charge in [-0.1, -0.05) is 30.7 Å². The first kappa shape index (κ1) is 15.1. The first-order valence-corrected chi connectivity index (χ1v) is 8.15. The molecular formula is C17H21ClN4. The molecule has 1 aliphatic heterocycles. The van der Waals surface area contributed by atoms with Gasteiger partial charge < -0.3 is 10.2 Å². The van der Waals surface area contributed by atoms with E-state index in [-0.39, 0.29) is 0 Å². The van der Waals surface area contributed by atoms with Crippen LogP contribution >= 0.6 is 11.6 Å². The summed E-state index contributed by atoms with van der Waals surface area (Å²) in [5.41, 5.74) is 1.18. The molecule has 0 saturated carbocycles. The summed E-state index contributed by atoms with van der Waals surface area (Å²) in [7, 11) is 0. The number of hydrogen-bond acceptors (Lipinski definition) is 4. The fourth-order valence-corrected chi connectivity index (χ4v) is 2.89. The maximum absolute atomic E-state index is 5.90. The van der Waals surface area contributed by atoms with Gasteiger partial charge in [0.2, 0.25) is 5.95 Å². The molecule has 0 amide bonds. The fraction of sp³-hybridized carbons (Fsp3) is 0.412. The second-order valence-electron chi connectivity index (χ2n) is 5.92. The SMILES string of the molecule is CC1CCCN(c2nccc(NCc3ccc(Cl)cc3)n2)C1. The number of nitrogens with one attached hydrogen (secondary N) is 1. The Labute approximate surface area is 136 Å². The summed E-state index contributed by atoms with van der Waals surface area (Å²) in [5, 5.41) is 4.11. The van der Waals surface area contributed by atoms with Crippen LogP contribution in [-0.4, -0.2) is 23.1 Å². The summed E-state index contributed by atoms with van der Waals surface area (Å²) in [6.45, 7) is 5.10. The highest BCUT2D eigenvalue weighted by molar-refractivity contribution is 6.30. The van der Waals surface area contributed by atoms with Crippen LogP contribution in [0.1, 0.15) is 25.3 Å². The van der Waals surface area contributed by atoms with Gasteiger partial charge >= 0.3 is 0 Å². The van der Waals surface area contributed by atoms with Crippen molar-refractivity contribution in [2.75, 3.05) is 23.3 Å². The van der Waals surface area contributed by atoms with Crippen LogP contribution in [-0.2, 0) is 6.54 Å². The Morgan fingerprint density at radius 2 is 2.09 bits per heavy atom. The standard InChI is InChI=1S/C17H21ClN4/c1-13-3-2-10-22(12-13)17-19-9-8-16(21-17)20-11-14-4-6-15(18)7-5-14/h4-9,13H,2-3,10-12H2,1H3,(H,19,20,21). The quantitative estimate of drug-likeness (QED) is 0.926. The third kappa shape index (κ3) is 3.89. The molecule has 1 aliphatic rings. The molecule has 2 aromatic rings. The zero-order valence-corrected chi connectivity index (χ0v) is 13.6. The number of anilines is 2. The van der Waals surface area contributed by atoms with E-state index in [1.54, 1.807) is 0 Å². The Bertz CT molecular complexity index is 614. The molecule has 1 fully saturated rings. The third-order valence-corrected chi connectivity index (χ3v) is 4.22. The van der Waals surface area contributed by atoms with Gasteiger partial charge in [0.15, 0.2) is 0 Å². The van der Waals surface area contributed by atoms with Gasteiger partial charge in [-0.25, -0.2) is 4.98 Å². The number of benzene rings is 1. The first-order valence-electron chi connectivity index (χ1n) is 7.77. The number of aromatic nitrogens is 2. The zero-order valence-electron chi connectivity index (χ0n) is 12.8. The largest absolute Gasteiger partial charge is 0.366 e. The van der Waals surface area contributed by atoms with Crippen molar-refractivity contribution in [3.05, 3.63) is 47.1 Å². The monoisotopic (exact) mass is 316 g/mol. The normalized spacial score (nSPS) is 18.3. The summed E-state index contributed by atoms with van der Waals surface area (Å²) in [6, 6.07) is 9.75. The lowest BCUT2D eigenvalue weighted by molar-refractivity contribution is 0.442. The van der Waals surface area contributed by atoms with E-state index in [0.717, 1.165) is 36.4 Å². The molecule has 1 N–H and O–H groups in total. The molecule has 1 aromatic heterocycles. The van der Waals surface area contributed by atoms with Crippen LogP contribution in [0, 0.1) is 5.92 Å². The van der Waals surface area contributed by atoms with Gasteiger partial charge in [0.25, 0.3) is 0 Å². The number of hydrogen-bond donors (Lipinski definition) is 1. The van der Waals surface area contributed by atoms with E-state index >= 15 is 0 Å². The van der Waals surface area contributed by atoms with Crippen molar-refractivity contribution in [1.82, 2.24) is 9.97 Å². The average molecular weight is 317 g/mol. The van der Waals surface area contributed by atoms with Crippen molar-refractivity contribution in [1.29, 1.82) is 0 Å². The fourth-order valence-electron chi connectivity index (χ4n) is 2.77. The van der Waals surface area contributed by atoms with Crippen LogP contribution in [0.5, 0.6) is 0 Å². The van der Waals surface area contributed by atoms with Crippen LogP contribution in [0.25, 0.3) is 0 Å². The summed E-state index contributed by atoms with van der Waals surface area (Å²) in [6.07, 6.45) is 4.34. The number of piperidine rings is 1. The predicted octanol–water partition coefficient (Wildman–Crippen LogP) is 3.98. The summed E-state index contributed by atoms with van der Waals surface area (Å²) >= 11 is 5.90. The van der Waals surface area contributed by atoms with Crippen LogP contribution < -0.4 is 10.2 Å². The van der Waals surface area contributed by atoms with Crippen molar-refractivity contribution >= 4 is 23.4 Å². The molecule has 22 heavy (non-hydrogen) atoms. The Morgan fingerprint density at radius 3 is 2.86 bits per heavy atom. The van der Waals surface area contributed by atoms with Gasteiger partial charge in [-0.05, 0) is 42.5 Å². The molecule has 1 unspecified atom stereocenters. The van der Waals surface area contributed by atoms with E-state index in [9.17, 15) is 0 Å². The van der Waals surface area contributed by atoms with E-state index in [0.29, 0.717) is 5.92 Å². The predicted molar refractivity (Wildman–Crippen MR) is 91.4 cm³/mol. The van der Waals surface area contributed by atoms with Crippen molar-refractivity contribution < 1.29 is 0 Å². The molecular weight excluding hydrogens is 296 g/mol. The molecule has 3 rings (SSSR count). The molecule has 0 bridgehead atoms. The van der Waals surface area contributed by atoms with E-state index in [1.165, 1.54) is 18.4 Å². The average Bonchev–Trinajstić information content (AvgIpc) is 2.55. The Hall–Kier alpha value is -1.81. The van der Waals surface area contributed by atoms with Gasteiger partial charge in [-0.2, -0.15) is 4.98 Å². The maximum Gasteiger partial charge on any atom is 0.227 e. The lowest BCUT2D eigenvalue weighted by Gasteiger charge is -2.30. The van der Waals surface area contributed by atoms with Gasteiger partial charge in [0.1, 0.15) is 5.82 Å². The highest BCUT2D eigenvalue weighted by atomic mass is 35.5. The highest BCUT2D eigenvalue weighted by Gasteiger charge is 2.18. The van der Waals surface area contributed by atoms with Gasteiger partial charge in [0, 0.05) is 30.9 Å². The molecule has 0 spiro atoms. The molecule has 5 heteroatoms. The van der Waals surface area contributed by atoms with Crippen molar-refractivity contribution in [3.8, 4) is 0 Å². The number of rotatable bonds is 4. The minimum atomic E-state index is 0.711. The van der Waals surface area contributed by atoms with Gasteiger partial charge in [0.05, 0.1) is 0 Å². The third-order valence-electron chi connectivity index (χ3n) is 3.97. The Morgan fingerprint density at radius 1 is 1.27 bits per heavy atom. The molecule has 2 heterocycles. The van der Waals surface area contributed by atoms with E-state index < -0.39 is 0 Å². The van der Waals surface area contributed by atoms with Gasteiger partial charge in [-0.15, -0.1) is 0 Å². The summed E-state index contributed by atoms with van der Waals surface area (Å²) in [5.74, 6) is 2.40. The zero-order chi connectivity index (χ0) is 15.4. The Kier molecular flexibility index (Phi) is 4.78. The van der Waals surface area contributed by atoms with Gasteiger partial charge in [-0.3, -0.25) is 0 Å². The van der Waals surface area contributed by atoms with Crippen molar-refractivity contribution in [2.24, 2.45) is 5.92 Å². The number of halogens is 1. The summed E-state index contributed by atoms with van der Waals surface area (Å²) in [4.78, 5) is 11.3. The lowest BCUT2D eigenvalue weighted by Crippen LogP contribution is -2.35. The van der Waals surface area contributed by atoms with E-state index in [4.69, 9.17) is 11.6 Å². The molecule has 1 atom stereocenters. The molecule has 1 saturated heterocycles. The maximum atomic E-state index is 5.90. The highest BCUT2D eigenvalue weighted by Crippen LogP contribution is 2.20.